The van der Waals surface area contributed by atoms with Gasteiger partial charge in [0.15, 0.2) is 0 Å². The van der Waals surface area contributed by atoms with Gasteiger partial charge in [-0.3, -0.25) is 4.79 Å². The van der Waals surface area contributed by atoms with Crippen LogP contribution in [0.5, 0.6) is 0 Å². The molecule has 0 saturated carbocycles. The summed E-state index contributed by atoms with van der Waals surface area (Å²) >= 11 is 1.67. The lowest BCUT2D eigenvalue weighted by molar-refractivity contribution is 0.0944. The Labute approximate surface area is 146 Å². The summed E-state index contributed by atoms with van der Waals surface area (Å²) in [4.78, 5) is 14.9. The average molecular weight is 335 g/mol. The Morgan fingerprint density at radius 3 is 2.67 bits per heavy atom. The second-order valence-corrected chi connectivity index (χ2v) is 7.70. The van der Waals surface area contributed by atoms with Crippen LogP contribution in [0.15, 0.2) is 48.5 Å². The number of nitrogens with one attached hydrogen (secondary N) is 1. The monoisotopic (exact) mass is 335 g/mol. The Hall–Kier alpha value is -2.13. The van der Waals surface area contributed by atoms with Crippen molar-refractivity contribution in [2.45, 2.75) is 38.6 Å². The van der Waals surface area contributed by atoms with Gasteiger partial charge in [0.05, 0.1) is 10.9 Å². The molecule has 1 amide bonds. The predicted molar refractivity (Wildman–Crippen MR) is 101 cm³/mol. The molecule has 0 bridgehead atoms. The van der Waals surface area contributed by atoms with Crippen LogP contribution in [0.4, 0.5) is 0 Å². The van der Waals surface area contributed by atoms with E-state index in [4.69, 9.17) is 0 Å². The highest BCUT2D eigenvalue weighted by atomic mass is 32.1. The highest BCUT2D eigenvalue weighted by Gasteiger charge is 2.18. The van der Waals surface area contributed by atoms with E-state index in [1.807, 2.05) is 12.1 Å². The number of fused-ring (bicyclic) bond motifs is 2. The third-order valence-electron chi connectivity index (χ3n) is 4.84. The second-order valence-electron chi connectivity index (χ2n) is 6.57. The van der Waals surface area contributed by atoms with Crippen LogP contribution < -0.4 is 5.32 Å². The molecule has 4 rings (SSSR count). The van der Waals surface area contributed by atoms with Crippen molar-refractivity contribution in [2.24, 2.45) is 0 Å². The van der Waals surface area contributed by atoms with E-state index < -0.39 is 0 Å². The van der Waals surface area contributed by atoms with Gasteiger partial charge in [-0.2, -0.15) is 0 Å². The molecule has 0 radical (unpaired) electrons. The summed E-state index contributed by atoms with van der Waals surface area (Å²) in [7, 11) is 0. The van der Waals surface area contributed by atoms with Crippen molar-refractivity contribution in [3.63, 3.8) is 0 Å². The average Bonchev–Trinajstić information content (AvgIpc) is 3.05. The maximum Gasteiger partial charge on any atom is 0.261 e. The van der Waals surface area contributed by atoms with Gasteiger partial charge in [0.1, 0.15) is 0 Å². The molecule has 2 aromatic carbocycles. The third-order valence-corrected chi connectivity index (χ3v) is 6.08. The van der Waals surface area contributed by atoms with Crippen LogP contribution in [0.3, 0.4) is 0 Å². The molecule has 0 spiro atoms. The van der Waals surface area contributed by atoms with Gasteiger partial charge >= 0.3 is 0 Å². The minimum atomic E-state index is 0.00114. The summed E-state index contributed by atoms with van der Waals surface area (Å²) in [5.41, 5.74) is 2.53. The number of amides is 1. The maximum absolute atomic E-state index is 12.6. The summed E-state index contributed by atoms with van der Waals surface area (Å²) in [6, 6.07) is 16.8. The molecule has 1 aromatic heterocycles. The van der Waals surface area contributed by atoms with Gasteiger partial charge in [0.25, 0.3) is 5.91 Å². The largest absolute Gasteiger partial charge is 0.345 e. The molecular weight excluding hydrogens is 314 g/mol. The molecular formula is C21H21NOS. The molecule has 1 aliphatic rings. The van der Waals surface area contributed by atoms with E-state index in [9.17, 15) is 4.79 Å². The molecule has 1 N–H and O–H groups in total. The van der Waals surface area contributed by atoms with Gasteiger partial charge in [-0.25, -0.2) is 0 Å². The highest BCUT2D eigenvalue weighted by Crippen LogP contribution is 2.30. The zero-order valence-corrected chi connectivity index (χ0v) is 14.7. The van der Waals surface area contributed by atoms with E-state index in [1.54, 1.807) is 11.3 Å². The van der Waals surface area contributed by atoms with Crippen LogP contribution in [0.25, 0.3) is 10.8 Å². The number of carbonyl (C=O) groups excluding carboxylic acids is 1. The Balaban J connectivity index is 1.52. The van der Waals surface area contributed by atoms with Gasteiger partial charge in [0, 0.05) is 4.88 Å². The van der Waals surface area contributed by atoms with Crippen molar-refractivity contribution in [3.8, 4) is 0 Å². The molecule has 2 nitrogen and oxygen atoms in total. The molecule has 0 unspecified atom stereocenters. The standard InChI is InChI=1S/C21H21NOS/c1-14(16-11-10-15-6-2-3-7-17(15)12-16)22-21(23)20-13-18-8-4-5-9-19(18)24-20/h2-3,6-7,10-14H,4-5,8-9H2,1H3,(H,22,23)/t14-/m0/s1. The Morgan fingerprint density at radius 2 is 1.83 bits per heavy atom. The highest BCUT2D eigenvalue weighted by molar-refractivity contribution is 7.14. The zero-order valence-electron chi connectivity index (χ0n) is 13.8. The first-order chi connectivity index (χ1) is 11.7. The van der Waals surface area contributed by atoms with E-state index in [0.717, 1.165) is 23.3 Å². The van der Waals surface area contributed by atoms with Crippen LogP contribution in [-0.2, 0) is 12.8 Å². The van der Waals surface area contributed by atoms with Gasteiger partial charge < -0.3 is 5.32 Å². The molecule has 1 heterocycles. The lowest BCUT2D eigenvalue weighted by Crippen LogP contribution is -2.25. The topological polar surface area (TPSA) is 29.1 Å². The first kappa shape index (κ1) is 15.4. The molecule has 3 heteroatoms. The lowest BCUT2D eigenvalue weighted by Gasteiger charge is -2.14. The fourth-order valence-electron chi connectivity index (χ4n) is 3.43. The van der Waals surface area contributed by atoms with Crippen molar-refractivity contribution in [2.75, 3.05) is 0 Å². The number of thiophene rings is 1. The molecule has 3 aromatic rings. The first-order valence-electron chi connectivity index (χ1n) is 8.62. The summed E-state index contributed by atoms with van der Waals surface area (Å²) in [6.07, 6.45) is 4.76. The quantitative estimate of drug-likeness (QED) is 0.694. The molecule has 1 aliphatic carbocycles. The molecule has 24 heavy (non-hydrogen) atoms. The fraction of sp³-hybridized carbons (Fsp3) is 0.286. The minimum absolute atomic E-state index is 0.00114. The number of hydrogen-bond acceptors (Lipinski definition) is 2. The molecule has 0 saturated heterocycles. The zero-order chi connectivity index (χ0) is 16.5. The van der Waals surface area contributed by atoms with Crippen LogP contribution in [0, 0.1) is 0 Å². The smallest absolute Gasteiger partial charge is 0.261 e. The van der Waals surface area contributed by atoms with E-state index in [-0.39, 0.29) is 11.9 Å². The molecule has 122 valence electrons. The van der Waals surface area contributed by atoms with Crippen molar-refractivity contribution in [1.82, 2.24) is 5.32 Å². The summed E-state index contributed by atoms with van der Waals surface area (Å²) < 4.78 is 0. The number of benzene rings is 2. The summed E-state index contributed by atoms with van der Waals surface area (Å²) in [5.74, 6) is 0.0510. The molecule has 0 aliphatic heterocycles. The molecule has 0 fully saturated rings. The van der Waals surface area contributed by atoms with Gasteiger partial charge in [-0.05, 0) is 66.6 Å². The minimum Gasteiger partial charge on any atom is -0.345 e. The van der Waals surface area contributed by atoms with Crippen molar-refractivity contribution in [1.29, 1.82) is 0 Å². The van der Waals surface area contributed by atoms with E-state index in [1.165, 1.54) is 34.1 Å². The second kappa shape index (κ2) is 6.40. The van der Waals surface area contributed by atoms with Crippen LogP contribution in [0.2, 0.25) is 0 Å². The Bertz CT molecular complexity index is 872. The van der Waals surface area contributed by atoms with Gasteiger partial charge in [-0.1, -0.05) is 36.4 Å². The van der Waals surface area contributed by atoms with E-state index in [0.29, 0.717) is 0 Å². The number of carbonyl (C=O) groups is 1. The van der Waals surface area contributed by atoms with E-state index >= 15 is 0 Å². The number of rotatable bonds is 3. The van der Waals surface area contributed by atoms with Crippen LogP contribution in [-0.4, -0.2) is 5.91 Å². The lowest BCUT2D eigenvalue weighted by atomic mass is 9.99. The molecule has 1 atom stereocenters. The summed E-state index contributed by atoms with van der Waals surface area (Å²) in [5, 5.41) is 5.60. The van der Waals surface area contributed by atoms with Crippen molar-refractivity contribution >= 4 is 28.0 Å². The first-order valence-corrected chi connectivity index (χ1v) is 9.43. The SMILES string of the molecule is C[C@H](NC(=O)c1cc2c(s1)CCCC2)c1ccc2ccccc2c1. The van der Waals surface area contributed by atoms with Crippen molar-refractivity contribution in [3.05, 3.63) is 69.4 Å². The van der Waals surface area contributed by atoms with Crippen LogP contribution in [0.1, 0.15) is 51.5 Å². The third kappa shape index (κ3) is 2.96. The van der Waals surface area contributed by atoms with Crippen LogP contribution >= 0.6 is 11.3 Å². The Morgan fingerprint density at radius 1 is 1.04 bits per heavy atom. The van der Waals surface area contributed by atoms with Crippen molar-refractivity contribution < 1.29 is 4.79 Å². The maximum atomic E-state index is 12.6. The Kier molecular flexibility index (Phi) is 4.11. The number of hydrogen-bond donors (Lipinski definition) is 1. The normalized spacial score (nSPS) is 15.0. The number of aryl methyl sites for hydroxylation is 2. The predicted octanol–water partition coefficient (Wildman–Crippen LogP) is 5.27. The fourth-order valence-corrected chi connectivity index (χ4v) is 4.59. The van der Waals surface area contributed by atoms with Gasteiger partial charge in [-0.15, -0.1) is 11.3 Å². The summed E-state index contributed by atoms with van der Waals surface area (Å²) in [6.45, 7) is 2.05. The van der Waals surface area contributed by atoms with Gasteiger partial charge in [0.2, 0.25) is 0 Å². The van der Waals surface area contributed by atoms with E-state index in [2.05, 4.69) is 48.6 Å².